The molecule has 0 spiro atoms. The second kappa shape index (κ2) is 6.41. The van der Waals surface area contributed by atoms with E-state index in [1.165, 1.54) is 0 Å². The summed E-state index contributed by atoms with van der Waals surface area (Å²) in [6, 6.07) is 10.6. The second-order valence-corrected chi connectivity index (χ2v) is 6.29. The zero-order chi connectivity index (χ0) is 18.3. The SMILES string of the molecule is Cc1c(-c2nc(-c3cc(F)ccc3F)no2)nnn1-c1ccccc1Br. The molecule has 0 fully saturated rings. The van der Waals surface area contributed by atoms with Crippen molar-refractivity contribution < 1.29 is 13.3 Å². The van der Waals surface area contributed by atoms with Crippen LogP contribution in [0.25, 0.3) is 28.7 Å². The van der Waals surface area contributed by atoms with Gasteiger partial charge in [-0.25, -0.2) is 13.5 Å². The van der Waals surface area contributed by atoms with Crippen LogP contribution in [-0.2, 0) is 0 Å². The van der Waals surface area contributed by atoms with E-state index in [-0.39, 0.29) is 17.3 Å². The van der Waals surface area contributed by atoms with Crippen molar-refractivity contribution in [2.24, 2.45) is 0 Å². The minimum Gasteiger partial charge on any atom is -0.332 e. The summed E-state index contributed by atoms with van der Waals surface area (Å²) in [5, 5.41) is 11.9. The van der Waals surface area contributed by atoms with Crippen molar-refractivity contribution in [3.8, 4) is 28.7 Å². The molecule has 4 aromatic rings. The maximum atomic E-state index is 13.9. The molecule has 0 aliphatic carbocycles. The van der Waals surface area contributed by atoms with Gasteiger partial charge in [0.25, 0.3) is 5.89 Å². The Bertz CT molecular complexity index is 1110. The van der Waals surface area contributed by atoms with E-state index < -0.39 is 11.6 Å². The lowest BCUT2D eigenvalue weighted by Gasteiger charge is -2.04. The standard InChI is InChI=1S/C17H10BrF2N5O/c1-9-15(22-24-25(9)14-5-3-2-4-12(14)18)17-21-16(23-26-17)11-8-10(19)6-7-13(11)20/h2-8H,1H3. The lowest BCUT2D eigenvalue weighted by molar-refractivity contribution is 0.430. The minimum absolute atomic E-state index is 0.0631. The van der Waals surface area contributed by atoms with Gasteiger partial charge in [0, 0.05) is 4.47 Å². The maximum Gasteiger partial charge on any atom is 0.280 e. The van der Waals surface area contributed by atoms with Crippen molar-refractivity contribution >= 4 is 15.9 Å². The smallest absolute Gasteiger partial charge is 0.280 e. The summed E-state index contributed by atoms with van der Waals surface area (Å²) in [5.74, 6) is -1.23. The molecule has 26 heavy (non-hydrogen) atoms. The number of halogens is 3. The molecule has 0 aliphatic rings. The van der Waals surface area contributed by atoms with E-state index in [0.717, 1.165) is 28.4 Å². The molecule has 0 aliphatic heterocycles. The molecular weight excluding hydrogens is 408 g/mol. The molecule has 2 heterocycles. The van der Waals surface area contributed by atoms with Crippen molar-refractivity contribution in [2.45, 2.75) is 6.92 Å². The molecule has 2 aromatic carbocycles. The van der Waals surface area contributed by atoms with Crippen LogP contribution < -0.4 is 0 Å². The van der Waals surface area contributed by atoms with Crippen LogP contribution in [0.2, 0.25) is 0 Å². The van der Waals surface area contributed by atoms with E-state index in [9.17, 15) is 8.78 Å². The molecule has 0 bridgehead atoms. The molecule has 0 saturated heterocycles. The summed E-state index contributed by atoms with van der Waals surface area (Å²) in [6.07, 6.45) is 0. The van der Waals surface area contributed by atoms with Crippen molar-refractivity contribution in [1.29, 1.82) is 0 Å². The second-order valence-electron chi connectivity index (χ2n) is 5.43. The molecule has 2 aromatic heterocycles. The lowest BCUT2D eigenvalue weighted by Crippen LogP contribution is -2.00. The summed E-state index contributed by atoms with van der Waals surface area (Å²) < 4.78 is 34.9. The Balaban J connectivity index is 1.75. The molecular formula is C17H10BrF2N5O. The average Bonchev–Trinajstić information content (AvgIpc) is 3.24. The monoisotopic (exact) mass is 417 g/mol. The highest BCUT2D eigenvalue weighted by Gasteiger charge is 2.21. The van der Waals surface area contributed by atoms with Crippen LogP contribution in [0, 0.1) is 18.6 Å². The van der Waals surface area contributed by atoms with Gasteiger partial charge in [0.05, 0.1) is 16.9 Å². The normalized spacial score (nSPS) is 11.1. The number of hydrogen-bond acceptors (Lipinski definition) is 5. The summed E-state index contributed by atoms with van der Waals surface area (Å²) in [5.41, 5.74) is 1.72. The molecule has 0 radical (unpaired) electrons. The lowest BCUT2D eigenvalue weighted by atomic mass is 10.2. The topological polar surface area (TPSA) is 69.6 Å². The predicted molar refractivity (Wildman–Crippen MR) is 92.4 cm³/mol. The Morgan fingerprint density at radius 1 is 1.12 bits per heavy atom. The number of para-hydroxylation sites is 1. The van der Waals surface area contributed by atoms with Crippen LogP contribution in [-0.4, -0.2) is 25.1 Å². The van der Waals surface area contributed by atoms with E-state index in [0.29, 0.717) is 11.4 Å². The first-order chi connectivity index (χ1) is 12.5. The van der Waals surface area contributed by atoms with E-state index >= 15 is 0 Å². The predicted octanol–water partition coefficient (Wildman–Crippen LogP) is 4.33. The van der Waals surface area contributed by atoms with Crippen molar-refractivity contribution in [2.75, 3.05) is 0 Å². The molecule has 0 atom stereocenters. The van der Waals surface area contributed by atoms with Gasteiger partial charge in [0.1, 0.15) is 11.6 Å². The van der Waals surface area contributed by atoms with Crippen LogP contribution in [0.5, 0.6) is 0 Å². The zero-order valence-corrected chi connectivity index (χ0v) is 14.9. The summed E-state index contributed by atoms with van der Waals surface area (Å²) in [6.45, 7) is 1.79. The summed E-state index contributed by atoms with van der Waals surface area (Å²) in [4.78, 5) is 4.13. The van der Waals surface area contributed by atoms with Gasteiger partial charge in [-0.2, -0.15) is 4.98 Å². The average molecular weight is 418 g/mol. The Kier molecular flexibility index (Phi) is 4.08. The minimum atomic E-state index is -0.646. The van der Waals surface area contributed by atoms with Crippen LogP contribution in [0.4, 0.5) is 8.78 Å². The third kappa shape index (κ3) is 2.80. The molecule has 0 saturated carbocycles. The highest BCUT2D eigenvalue weighted by Crippen LogP contribution is 2.28. The molecule has 9 heteroatoms. The van der Waals surface area contributed by atoms with Crippen molar-refractivity contribution in [1.82, 2.24) is 25.1 Å². The zero-order valence-electron chi connectivity index (χ0n) is 13.3. The van der Waals surface area contributed by atoms with Gasteiger partial charge >= 0.3 is 0 Å². The van der Waals surface area contributed by atoms with Crippen LogP contribution in [0.3, 0.4) is 0 Å². The largest absolute Gasteiger partial charge is 0.332 e. The first kappa shape index (κ1) is 16.5. The fraction of sp³-hybridized carbons (Fsp3) is 0.0588. The van der Waals surface area contributed by atoms with Gasteiger partial charge < -0.3 is 4.52 Å². The Hall–Kier alpha value is -2.94. The summed E-state index contributed by atoms with van der Waals surface area (Å²) >= 11 is 3.46. The van der Waals surface area contributed by atoms with Gasteiger partial charge in [0.2, 0.25) is 5.82 Å². The number of rotatable bonds is 3. The van der Waals surface area contributed by atoms with E-state index in [2.05, 4.69) is 36.4 Å². The number of aromatic nitrogens is 5. The van der Waals surface area contributed by atoms with Crippen molar-refractivity contribution in [3.05, 3.63) is 64.3 Å². The quantitative estimate of drug-likeness (QED) is 0.495. The van der Waals surface area contributed by atoms with Gasteiger partial charge in [-0.15, -0.1) is 5.10 Å². The highest BCUT2D eigenvalue weighted by molar-refractivity contribution is 9.10. The summed E-state index contributed by atoms with van der Waals surface area (Å²) in [7, 11) is 0. The molecule has 130 valence electrons. The fourth-order valence-corrected chi connectivity index (χ4v) is 2.93. The van der Waals surface area contributed by atoms with E-state index in [4.69, 9.17) is 4.52 Å². The Morgan fingerprint density at radius 3 is 2.73 bits per heavy atom. The fourth-order valence-electron chi connectivity index (χ4n) is 2.48. The van der Waals surface area contributed by atoms with Crippen LogP contribution >= 0.6 is 15.9 Å². The van der Waals surface area contributed by atoms with Gasteiger partial charge in [-0.3, -0.25) is 0 Å². The highest BCUT2D eigenvalue weighted by atomic mass is 79.9. The number of nitrogens with zero attached hydrogens (tertiary/aromatic N) is 5. The molecule has 0 N–H and O–H groups in total. The molecule has 0 unspecified atom stereocenters. The van der Waals surface area contributed by atoms with Gasteiger partial charge in [-0.05, 0) is 53.2 Å². The van der Waals surface area contributed by atoms with E-state index in [1.54, 1.807) is 11.6 Å². The van der Waals surface area contributed by atoms with Crippen LogP contribution in [0.15, 0.2) is 51.5 Å². The third-order valence-corrected chi connectivity index (χ3v) is 4.44. The molecule has 4 rings (SSSR count). The van der Waals surface area contributed by atoms with Gasteiger partial charge in [0.15, 0.2) is 5.69 Å². The van der Waals surface area contributed by atoms with E-state index in [1.807, 2.05) is 24.3 Å². The maximum absolute atomic E-state index is 13.9. The number of benzene rings is 2. The first-order valence-corrected chi connectivity index (χ1v) is 8.30. The van der Waals surface area contributed by atoms with Crippen LogP contribution in [0.1, 0.15) is 5.69 Å². The Labute approximate surface area is 154 Å². The molecule has 6 nitrogen and oxygen atoms in total. The van der Waals surface area contributed by atoms with Gasteiger partial charge in [-0.1, -0.05) is 22.5 Å². The van der Waals surface area contributed by atoms with Crippen molar-refractivity contribution in [3.63, 3.8) is 0 Å². The Morgan fingerprint density at radius 2 is 1.92 bits per heavy atom. The number of hydrogen-bond donors (Lipinski definition) is 0. The molecule has 0 amide bonds. The first-order valence-electron chi connectivity index (χ1n) is 7.51. The third-order valence-electron chi connectivity index (χ3n) is 3.77.